The van der Waals surface area contributed by atoms with Crippen molar-refractivity contribution >= 4 is 22.1 Å². The Hall–Kier alpha value is -2.40. The first kappa shape index (κ1) is 13.6. The first-order valence-electron chi connectivity index (χ1n) is 6.41. The number of benzene rings is 1. The molecule has 1 aromatic carbocycles. The predicted molar refractivity (Wildman–Crippen MR) is 83.1 cm³/mol. The van der Waals surface area contributed by atoms with Crippen LogP contribution >= 0.6 is 11.3 Å². The van der Waals surface area contributed by atoms with Gasteiger partial charge >= 0.3 is 5.97 Å². The maximum absolute atomic E-state index is 12.8. The fourth-order valence-electron chi connectivity index (χ4n) is 2.36. The van der Waals surface area contributed by atoms with E-state index in [0.717, 1.165) is 10.5 Å². The molecule has 4 nitrogen and oxygen atoms in total. The van der Waals surface area contributed by atoms with Gasteiger partial charge in [-0.15, -0.1) is 11.3 Å². The van der Waals surface area contributed by atoms with E-state index in [4.69, 9.17) is 4.74 Å². The minimum atomic E-state index is -0.500. The summed E-state index contributed by atoms with van der Waals surface area (Å²) < 4.78 is 6.45. The molecule has 3 rings (SSSR count). The number of methoxy groups -OCH3 is 1. The number of esters is 1. The molecule has 0 unspecified atom stereocenters. The second-order valence-corrected chi connectivity index (χ2v) is 5.54. The van der Waals surface area contributed by atoms with Crippen molar-refractivity contribution in [3.8, 4) is 11.1 Å². The van der Waals surface area contributed by atoms with Crippen LogP contribution < -0.4 is 5.56 Å². The summed E-state index contributed by atoms with van der Waals surface area (Å²) in [6, 6.07) is 10.9. The predicted octanol–water partition coefficient (Wildman–Crippen LogP) is 3.12. The Kier molecular flexibility index (Phi) is 3.35. The van der Waals surface area contributed by atoms with Gasteiger partial charge in [-0.05, 0) is 18.6 Å². The number of fused-ring (bicyclic) bond motifs is 1. The molecule has 0 amide bonds. The van der Waals surface area contributed by atoms with Crippen molar-refractivity contribution in [1.29, 1.82) is 0 Å². The first-order chi connectivity index (χ1) is 10.1. The van der Waals surface area contributed by atoms with Crippen molar-refractivity contribution in [3.63, 3.8) is 0 Å². The summed E-state index contributed by atoms with van der Waals surface area (Å²) in [6.07, 6.45) is 0. The van der Waals surface area contributed by atoms with E-state index < -0.39 is 5.97 Å². The summed E-state index contributed by atoms with van der Waals surface area (Å²) in [5.41, 5.74) is 2.05. The van der Waals surface area contributed by atoms with E-state index in [1.807, 2.05) is 42.6 Å². The van der Waals surface area contributed by atoms with Gasteiger partial charge in [-0.1, -0.05) is 30.3 Å². The van der Waals surface area contributed by atoms with Gasteiger partial charge in [-0.25, -0.2) is 4.79 Å². The molecule has 21 heavy (non-hydrogen) atoms. The summed E-state index contributed by atoms with van der Waals surface area (Å²) in [7, 11) is 1.32. The van der Waals surface area contributed by atoms with Gasteiger partial charge < -0.3 is 4.74 Å². The number of aryl methyl sites for hydroxylation is 1. The molecular weight excluding hydrogens is 286 g/mol. The SMILES string of the molecule is COC(=O)c1cc2scc(C)n2c(=O)c1-c1ccccc1. The second kappa shape index (κ2) is 5.18. The Morgan fingerprint density at radius 2 is 1.95 bits per heavy atom. The summed E-state index contributed by atoms with van der Waals surface area (Å²) in [4.78, 5) is 25.6. The lowest BCUT2D eigenvalue weighted by Gasteiger charge is -2.09. The molecule has 0 radical (unpaired) electrons. The molecule has 2 aromatic heterocycles. The van der Waals surface area contributed by atoms with Crippen LogP contribution in [-0.4, -0.2) is 17.5 Å². The number of ether oxygens (including phenoxy) is 1. The third kappa shape index (κ3) is 2.15. The zero-order valence-corrected chi connectivity index (χ0v) is 12.4. The molecule has 0 atom stereocenters. The van der Waals surface area contributed by atoms with Crippen LogP contribution in [0.4, 0.5) is 0 Å². The monoisotopic (exact) mass is 299 g/mol. The number of carbonyl (C=O) groups is 1. The van der Waals surface area contributed by atoms with Crippen LogP contribution in [0.25, 0.3) is 16.0 Å². The largest absolute Gasteiger partial charge is 0.465 e. The van der Waals surface area contributed by atoms with Crippen molar-refractivity contribution in [2.45, 2.75) is 6.92 Å². The molecule has 0 aliphatic rings. The number of nitrogens with zero attached hydrogens (tertiary/aromatic N) is 1. The van der Waals surface area contributed by atoms with E-state index >= 15 is 0 Å². The van der Waals surface area contributed by atoms with Crippen LogP contribution in [0, 0.1) is 6.92 Å². The number of hydrogen-bond donors (Lipinski definition) is 0. The van der Waals surface area contributed by atoms with Crippen molar-refractivity contribution in [1.82, 2.24) is 4.40 Å². The van der Waals surface area contributed by atoms with Crippen molar-refractivity contribution in [3.05, 3.63) is 63.4 Å². The van der Waals surface area contributed by atoms with Crippen LogP contribution in [0.2, 0.25) is 0 Å². The summed E-state index contributed by atoms with van der Waals surface area (Å²) in [5, 5.41) is 1.90. The Morgan fingerprint density at radius 1 is 1.24 bits per heavy atom. The third-order valence-corrected chi connectivity index (χ3v) is 4.35. The first-order valence-corrected chi connectivity index (χ1v) is 7.29. The van der Waals surface area contributed by atoms with Gasteiger partial charge in [0.2, 0.25) is 0 Å². The maximum atomic E-state index is 12.8. The van der Waals surface area contributed by atoms with Crippen LogP contribution in [0.1, 0.15) is 16.1 Å². The van der Waals surface area contributed by atoms with Gasteiger partial charge in [0.25, 0.3) is 5.56 Å². The van der Waals surface area contributed by atoms with Crippen LogP contribution in [0.15, 0.2) is 46.6 Å². The van der Waals surface area contributed by atoms with E-state index in [-0.39, 0.29) is 5.56 Å². The van der Waals surface area contributed by atoms with E-state index in [2.05, 4.69) is 0 Å². The molecule has 2 heterocycles. The fraction of sp³-hybridized carbons (Fsp3) is 0.125. The Morgan fingerprint density at radius 3 is 2.62 bits per heavy atom. The Labute approximate surface area is 125 Å². The maximum Gasteiger partial charge on any atom is 0.338 e. The topological polar surface area (TPSA) is 47.8 Å². The van der Waals surface area contributed by atoms with Gasteiger partial charge in [-0.2, -0.15) is 0 Å². The number of aromatic nitrogens is 1. The van der Waals surface area contributed by atoms with E-state index in [9.17, 15) is 9.59 Å². The fourth-order valence-corrected chi connectivity index (χ4v) is 3.28. The molecule has 0 fully saturated rings. The molecule has 3 aromatic rings. The highest BCUT2D eigenvalue weighted by atomic mass is 32.1. The average molecular weight is 299 g/mol. The summed E-state index contributed by atoms with van der Waals surface area (Å²) >= 11 is 1.43. The molecular formula is C16H13NO3S. The van der Waals surface area contributed by atoms with Gasteiger partial charge in [0.15, 0.2) is 0 Å². The Balaban J connectivity index is 2.44. The van der Waals surface area contributed by atoms with Gasteiger partial charge in [-0.3, -0.25) is 9.20 Å². The van der Waals surface area contributed by atoms with Crippen LogP contribution in [0.5, 0.6) is 0 Å². The molecule has 5 heteroatoms. The molecule has 0 N–H and O–H groups in total. The molecule has 0 aliphatic heterocycles. The number of thiazole rings is 1. The second-order valence-electron chi connectivity index (χ2n) is 4.65. The standard InChI is InChI=1S/C16H13NO3S/c1-10-9-21-13-8-12(16(19)20-2)14(15(18)17(10)13)11-6-4-3-5-7-11/h3-9H,1-2H3. The van der Waals surface area contributed by atoms with E-state index in [1.165, 1.54) is 18.4 Å². The van der Waals surface area contributed by atoms with Crippen molar-refractivity contribution < 1.29 is 9.53 Å². The molecule has 0 spiro atoms. The normalized spacial score (nSPS) is 10.8. The smallest absolute Gasteiger partial charge is 0.338 e. The minimum absolute atomic E-state index is 0.196. The van der Waals surface area contributed by atoms with E-state index in [1.54, 1.807) is 10.5 Å². The third-order valence-electron chi connectivity index (χ3n) is 3.35. The molecule has 0 saturated heterocycles. The number of rotatable bonds is 2. The highest BCUT2D eigenvalue weighted by Gasteiger charge is 2.20. The summed E-state index contributed by atoms with van der Waals surface area (Å²) in [5.74, 6) is -0.500. The molecule has 0 saturated carbocycles. The summed E-state index contributed by atoms with van der Waals surface area (Å²) in [6.45, 7) is 1.87. The van der Waals surface area contributed by atoms with Gasteiger partial charge in [0, 0.05) is 11.1 Å². The number of carbonyl (C=O) groups excluding carboxylic acids is 1. The lowest BCUT2D eigenvalue weighted by molar-refractivity contribution is 0.0601. The van der Waals surface area contributed by atoms with Gasteiger partial charge in [0.05, 0.1) is 18.2 Å². The van der Waals surface area contributed by atoms with Crippen molar-refractivity contribution in [2.75, 3.05) is 7.11 Å². The minimum Gasteiger partial charge on any atom is -0.465 e. The Bertz CT molecular complexity index is 878. The lowest BCUT2D eigenvalue weighted by Crippen LogP contribution is -2.20. The highest BCUT2D eigenvalue weighted by molar-refractivity contribution is 7.15. The quantitative estimate of drug-likeness (QED) is 0.683. The molecule has 0 bridgehead atoms. The molecule has 106 valence electrons. The highest BCUT2D eigenvalue weighted by Crippen LogP contribution is 2.25. The van der Waals surface area contributed by atoms with Gasteiger partial charge in [0.1, 0.15) is 4.83 Å². The molecule has 0 aliphatic carbocycles. The number of hydrogen-bond acceptors (Lipinski definition) is 4. The zero-order valence-electron chi connectivity index (χ0n) is 11.6. The number of pyridine rings is 1. The lowest BCUT2D eigenvalue weighted by atomic mass is 10.0. The average Bonchev–Trinajstić information content (AvgIpc) is 2.88. The van der Waals surface area contributed by atoms with E-state index in [0.29, 0.717) is 16.7 Å². The van der Waals surface area contributed by atoms with Crippen LogP contribution in [0.3, 0.4) is 0 Å². The van der Waals surface area contributed by atoms with Crippen LogP contribution in [-0.2, 0) is 4.74 Å². The van der Waals surface area contributed by atoms with Crippen molar-refractivity contribution in [2.24, 2.45) is 0 Å². The zero-order chi connectivity index (χ0) is 15.0.